The highest BCUT2D eigenvalue weighted by Gasteiger charge is 2.47. The van der Waals surface area contributed by atoms with Crippen LogP contribution in [0.3, 0.4) is 0 Å². The molecule has 2 aliphatic rings. The second-order valence-electron chi connectivity index (χ2n) is 6.68. The molecule has 7 heteroatoms. The van der Waals surface area contributed by atoms with Crippen molar-refractivity contribution in [3.05, 3.63) is 36.0 Å². The zero-order valence-corrected chi connectivity index (χ0v) is 14.8. The van der Waals surface area contributed by atoms with Crippen LogP contribution in [0.4, 0.5) is 5.13 Å². The number of hydrogen-bond donors (Lipinski definition) is 1. The fourth-order valence-corrected chi connectivity index (χ4v) is 4.61. The van der Waals surface area contributed by atoms with E-state index in [9.17, 15) is 9.59 Å². The van der Waals surface area contributed by atoms with E-state index in [0.29, 0.717) is 12.1 Å². The van der Waals surface area contributed by atoms with E-state index in [1.165, 1.54) is 7.11 Å². The maximum absolute atomic E-state index is 12.5. The number of carbonyl (C=O) groups is 2. The number of piperidine rings is 1. The van der Waals surface area contributed by atoms with E-state index < -0.39 is 0 Å². The smallest absolute Gasteiger partial charge is 0.337 e. The number of nitrogens with one attached hydrogen (secondary N) is 1. The third-order valence-electron chi connectivity index (χ3n) is 5.10. The number of thiazole rings is 1. The summed E-state index contributed by atoms with van der Waals surface area (Å²) in [6, 6.07) is 5.37. The molecule has 2 saturated heterocycles. The number of rotatable bonds is 2. The molecule has 1 amide bonds. The van der Waals surface area contributed by atoms with E-state index in [-0.39, 0.29) is 17.3 Å². The van der Waals surface area contributed by atoms with Crippen LogP contribution in [-0.2, 0) is 9.53 Å². The monoisotopic (exact) mass is 357 g/mol. The third kappa shape index (κ3) is 2.68. The lowest BCUT2D eigenvalue weighted by Gasteiger charge is -2.33. The van der Waals surface area contributed by atoms with Crippen LogP contribution in [0.5, 0.6) is 0 Å². The predicted octanol–water partition coefficient (Wildman–Crippen LogP) is 2.70. The molecule has 1 spiro atoms. The molecule has 6 nitrogen and oxygen atoms in total. The minimum atomic E-state index is -0.351. The Labute approximate surface area is 149 Å². The Morgan fingerprint density at radius 1 is 1.44 bits per heavy atom. The summed E-state index contributed by atoms with van der Waals surface area (Å²) >= 11 is 1.54. The van der Waals surface area contributed by atoms with Gasteiger partial charge in [-0.05, 0) is 37.5 Å². The Kier molecular flexibility index (Phi) is 3.76. The SMILES string of the molecule is C=C1CCC2(CCN(c3nc4ccc(C(=O)OC)cc4s3)C2)C(=O)N1. The number of methoxy groups -OCH3 is 1. The number of anilines is 1. The van der Waals surface area contributed by atoms with Crippen molar-refractivity contribution < 1.29 is 14.3 Å². The number of esters is 1. The highest BCUT2D eigenvalue weighted by Crippen LogP contribution is 2.42. The summed E-state index contributed by atoms with van der Waals surface area (Å²) in [6.07, 6.45) is 2.50. The molecular weight excluding hydrogens is 338 g/mol. The van der Waals surface area contributed by atoms with Crippen LogP contribution in [0.2, 0.25) is 0 Å². The van der Waals surface area contributed by atoms with E-state index in [4.69, 9.17) is 4.74 Å². The Balaban J connectivity index is 1.59. The molecule has 1 atom stereocenters. The lowest BCUT2D eigenvalue weighted by Crippen LogP contribution is -2.46. The summed E-state index contributed by atoms with van der Waals surface area (Å²) < 4.78 is 5.72. The summed E-state index contributed by atoms with van der Waals surface area (Å²) in [7, 11) is 1.37. The molecule has 2 aliphatic heterocycles. The standard InChI is InChI=1S/C18H19N3O3S/c1-11-5-6-18(16(23)19-11)7-8-21(10-18)17-20-13-4-3-12(15(22)24-2)9-14(13)25-17/h3-4,9H,1,5-8,10H2,2H3,(H,19,23). The van der Waals surface area contributed by atoms with Gasteiger partial charge < -0.3 is 15.0 Å². The molecule has 3 heterocycles. The number of carbonyl (C=O) groups excluding carboxylic acids is 2. The number of allylic oxidation sites excluding steroid dienone is 1. The first-order valence-corrected chi connectivity index (χ1v) is 9.05. The molecule has 1 N–H and O–H groups in total. The average Bonchev–Trinajstić information content (AvgIpc) is 3.22. The summed E-state index contributed by atoms with van der Waals surface area (Å²) in [4.78, 5) is 31.0. The van der Waals surface area contributed by atoms with E-state index >= 15 is 0 Å². The van der Waals surface area contributed by atoms with Crippen LogP contribution in [-0.4, -0.2) is 37.1 Å². The first-order valence-electron chi connectivity index (χ1n) is 8.24. The number of benzene rings is 1. The average molecular weight is 357 g/mol. The van der Waals surface area contributed by atoms with Crippen molar-refractivity contribution in [2.45, 2.75) is 19.3 Å². The zero-order chi connectivity index (χ0) is 17.6. The first-order chi connectivity index (χ1) is 12.0. The van der Waals surface area contributed by atoms with Gasteiger partial charge in [-0.3, -0.25) is 4.79 Å². The molecule has 130 valence electrons. The lowest BCUT2D eigenvalue weighted by atomic mass is 9.78. The van der Waals surface area contributed by atoms with Crippen LogP contribution < -0.4 is 10.2 Å². The quantitative estimate of drug-likeness (QED) is 0.837. The normalized spacial score (nSPS) is 23.3. The van der Waals surface area contributed by atoms with Gasteiger partial charge in [-0.2, -0.15) is 0 Å². The minimum absolute atomic E-state index is 0.0836. The van der Waals surface area contributed by atoms with Gasteiger partial charge in [0.25, 0.3) is 0 Å². The summed E-state index contributed by atoms with van der Waals surface area (Å²) in [5.74, 6) is -0.267. The molecule has 0 saturated carbocycles. The predicted molar refractivity (Wildman–Crippen MR) is 96.7 cm³/mol. The molecular formula is C18H19N3O3S. The van der Waals surface area contributed by atoms with Gasteiger partial charge >= 0.3 is 5.97 Å². The summed E-state index contributed by atoms with van der Waals surface area (Å²) in [6.45, 7) is 5.35. The first kappa shape index (κ1) is 16.1. The third-order valence-corrected chi connectivity index (χ3v) is 6.18. The number of aromatic nitrogens is 1. The van der Waals surface area contributed by atoms with E-state index in [2.05, 4.69) is 21.8 Å². The van der Waals surface area contributed by atoms with Crippen LogP contribution in [0, 0.1) is 5.41 Å². The van der Waals surface area contributed by atoms with Crippen molar-refractivity contribution in [2.24, 2.45) is 5.41 Å². The van der Waals surface area contributed by atoms with Gasteiger partial charge in [-0.1, -0.05) is 17.9 Å². The fraction of sp³-hybridized carbons (Fsp3) is 0.389. The fourth-order valence-electron chi connectivity index (χ4n) is 3.58. The van der Waals surface area contributed by atoms with Crippen LogP contribution in [0.15, 0.2) is 30.5 Å². The second-order valence-corrected chi connectivity index (χ2v) is 7.69. The molecule has 0 bridgehead atoms. The number of fused-ring (bicyclic) bond motifs is 1. The van der Waals surface area contributed by atoms with Gasteiger partial charge in [0.2, 0.25) is 5.91 Å². The number of nitrogens with zero attached hydrogens (tertiary/aromatic N) is 2. The Bertz CT molecular complexity index is 891. The van der Waals surface area contributed by atoms with Gasteiger partial charge in [0.15, 0.2) is 5.13 Å². The van der Waals surface area contributed by atoms with Gasteiger partial charge in [0.05, 0.1) is 28.3 Å². The van der Waals surface area contributed by atoms with Gasteiger partial charge in [0, 0.05) is 18.8 Å². The maximum atomic E-state index is 12.5. The minimum Gasteiger partial charge on any atom is -0.465 e. The van der Waals surface area contributed by atoms with E-state index in [1.807, 2.05) is 12.1 Å². The Morgan fingerprint density at radius 2 is 2.28 bits per heavy atom. The van der Waals surface area contributed by atoms with Gasteiger partial charge in [-0.25, -0.2) is 9.78 Å². The number of amides is 1. The molecule has 1 unspecified atom stereocenters. The molecule has 0 aliphatic carbocycles. The Hall–Kier alpha value is -2.41. The van der Waals surface area contributed by atoms with Crippen molar-refractivity contribution in [3.63, 3.8) is 0 Å². The van der Waals surface area contributed by atoms with Crippen molar-refractivity contribution in [3.8, 4) is 0 Å². The molecule has 2 fully saturated rings. The van der Waals surface area contributed by atoms with Crippen LogP contribution in [0.25, 0.3) is 10.2 Å². The van der Waals surface area contributed by atoms with Crippen molar-refractivity contribution in [2.75, 3.05) is 25.1 Å². The van der Waals surface area contributed by atoms with Crippen molar-refractivity contribution in [1.82, 2.24) is 10.3 Å². The summed E-state index contributed by atoms with van der Waals surface area (Å²) in [5, 5.41) is 3.80. The highest BCUT2D eigenvalue weighted by atomic mass is 32.1. The van der Waals surface area contributed by atoms with Gasteiger partial charge in [0.1, 0.15) is 0 Å². The molecule has 0 radical (unpaired) electrons. The molecule has 1 aromatic heterocycles. The molecule has 1 aromatic carbocycles. The van der Waals surface area contributed by atoms with Crippen molar-refractivity contribution in [1.29, 1.82) is 0 Å². The highest BCUT2D eigenvalue weighted by molar-refractivity contribution is 7.22. The molecule has 4 rings (SSSR count). The maximum Gasteiger partial charge on any atom is 0.337 e. The van der Waals surface area contributed by atoms with Crippen molar-refractivity contribution >= 4 is 38.6 Å². The summed E-state index contributed by atoms with van der Waals surface area (Å²) in [5.41, 5.74) is 1.85. The van der Waals surface area contributed by atoms with E-state index in [0.717, 1.165) is 46.9 Å². The second kappa shape index (κ2) is 5.84. The van der Waals surface area contributed by atoms with E-state index in [1.54, 1.807) is 17.4 Å². The number of hydrogen-bond acceptors (Lipinski definition) is 6. The molecule has 2 aromatic rings. The van der Waals surface area contributed by atoms with Crippen LogP contribution >= 0.6 is 11.3 Å². The van der Waals surface area contributed by atoms with Gasteiger partial charge in [-0.15, -0.1) is 0 Å². The zero-order valence-electron chi connectivity index (χ0n) is 14.0. The largest absolute Gasteiger partial charge is 0.465 e. The number of ether oxygens (including phenoxy) is 1. The lowest BCUT2D eigenvalue weighted by molar-refractivity contribution is -0.131. The topological polar surface area (TPSA) is 71.5 Å². The van der Waals surface area contributed by atoms with Crippen LogP contribution in [0.1, 0.15) is 29.6 Å². The Morgan fingerprint density at radius 3 is 3.04 bits per heavy atom. The molecule has 25 heavy (non-hydrogen) atoms.